The molecule has 0 spiro atoms. The minimum atomic E-state index is -0.00909. The predicted molar refractivity (Wildman–Crippen MR) is 214 cm³/mol. The van der Waals surface area contributed by atoms with E-state index in [1.165, 1.54) is 6.20 Å². The second-order valence-corrected chi connectivity index (χ2v) is 14.2. The van der Waals surface area contributed by atoms with E-state index in [1.807, 2.05) is 37.3 Å². The van der Waals surface area contributed by atoms with Crippen LogP contribution in [-0.2, 0) is 41.5 Å². The normalized spacial score (nSPS) is 11.4. The van der Waals surface area contributed by atoms with Crippen LogP contribution in [0.15, 0.2) is 60.9 Å². The van der Waals surface area contributed by atoms with E-state index in [1.54, 1.807) is 24.4 Å². The monoisotopic (exact) mass is 776 g/mol. The topological polar surface area (TPSA) is 124 Å². The summed E-state index contributed by atoms with van der Waals surface area (Å²) in [6, 6.07) is 14.6. The number of carbonyl (C=O) groups is 1. The van der Waals surface area contributed by atoms with Crippen LogP contribution in [0.2, 0.25) is 5.02 Å². The molecule has 12 nitrogen and oxygen atoms in total. The van der Waals surface area contributed by atoms with E-state index in [-0.39, 0.29) is 37.3 Å². The van der Waals surface area contributed by atoms with Crippen LogP contribution in [0.25, 0.3) is 15.7 Å². The summed E-state index contributed by atoms with van der Waals surface area (Å²) in [5.41, 5.74) is 3.89. The zero-order chi connectivity index (χ0) is 39.3. The average molecular weight is 777 g/mol. The highest BCUT2D eigenvalue weighted by molar-refractivity contribution is 6.32. The van der Waals surface area contributed by atoms with Crippen molar-refractivity contribution in [2.24, 2.45) is 5.41 Å². The number of ether oxygens (including phenoxy) is 7. The third-order valence-electron chi connectivity index (χ3n) is 8.15. The molecule has 4 aromatic rings. The molecule has 1 N–H and O–H groups in total. The van der Waals surface area contributed by atoms with E-state index in [4.69, 9.17) is 51.3 Å². The first-order valence-electron chi connectivity index (χ1n) is 18.6. The number of hydrogen-bond acceptors (Lipinski definition) is 11. The van der Waals surface area contributed by atoms with Crippen molar-refractivity contribution in [1.29, 1.82) is 0 Å². The minimum absolute atomic E-state index is 0.00909. The molecule has 55 heavy (non-hydrogen) atoms. The molecule has 0 aliphatic carbocycles. The Labute approximate surface area is 329 Å². The van der Waals surface area contributed by atoms with Gasteiger partial charge in [-0.3, -0.25) is 14.8 Å². The maximum absolute atomic E-state index is 13.1. The van der Waals surface area contributed by atoms with Crippen molar-refractivity contribution in [2.75, 3.05) is 78.0 Å². The van der Waals surface area contributed by atoms with Crippen molar-refractivity contribution in [3.63, 3.8) is 0 Å². The number of fused-ring (bicyclic) bond motifs is 1. The van der Waals surface area contributed by atoms with Crippen molar-refractivity contribution in [2.45, 2.75) is 53.6 Å². The maximum atomic E-state index is 13.1. The number of hydrogen-bond donors (Lipinski definition) is 1. The molecule has 4 rings (SSSR count). The lowest BCUT2D eigenvalue weighted by molar-refractivity contribution is -0.119. The van der Waals surface area contributed by atoms with Gasteiger partial charge in [0.25, 0.3) is 0 Å². The Balaban J connectivity index is 1.21. The van der Waals surface area contributed by atoms with Crippen LogP contribution in [0.1, 0.15) is 51.8 Å². The van der Waals surface area contributed by atoms with E-state index in [0.717, 1.165) is 18.7 Å². The Bertz CT molecular complexity index is 1810. The SMILES string of the molecule is [C-]#[N+]c1cnc2cc(OCC)c(CC(=O)CCOCCOCCOCCOCCOCCC(C)(C)C)cc2c1Nc1ccc(OCc2ccccn2)c(Cl)c1. The van der Waals surface area contributed by atoms with Crippen LogP contribution in [0, 0.1) is 12.0 Å². The summed E-state index contributed by atoms with van der Waals surface area (Å²) in [4.78, 5) is 25.6. The number of nitrogens with one attached hydrogen (secondary N) is 1. The largest absolute Gasteiger partial charge is 0.494 e. The summed E-state index contributed by atoms with van der Waals surface area (Å²) >= 11 is 6.58. The molecule has 0 amide bonds. The van der Waals surface area contributed by atoms with Gasteiger partial charge in [0.1, 0.15) is 23.9 Å². The van der Waals surface area contributed by atoms with E-state index in [9.17, 15) is 4.79 Å². The van der Waals surface area contributed by atoms with Gasteiger partial charge in [-0.25, -0.2) is 4.85 Å². The minimum Gasteiger partial charge on any atom is -0.494 e. The molecule has 2 aromatic carbocycles. The third kappa shape index (κ3) is 15.7. The summed E-state index contributed by atoms with van der Waals surface area (Å²) in [7, 11) is 0. The summed E-state index contributed by atoms with van der Waals surface area (Å²) in [5, 5.41) is 4.42. The highest BCUT2D eigenvalue weighted by Crippen LogP contribution is 2.39. The molecule has 0 unspecified atom stereocenters. The van der Waals surface area contributed by atoms with Gasteiger partial charge in [-0.1, -0.05) is 38.4 Å². The Morgan fingerprint density at radius 2 is 1.49 bits per heavy atom. The molecular weight excluding hydrogens is 724 g/mol. The Morgan fingerprint density at radius 3 is 2.09 bits per heavy atom. The second kappa shape index (κ2) is 23.5. The summed E-state index contributed by atoms with van der Waals surface area (Å²) in [6.07, 6.45) is 4.60. The lowest BCUT2D eigenvalue weighted by Gasteiger charge is -2.17. The van der Waals surface area contributed by atoms with Crippen LogP contribution in [0.3, 0.4) is 0 Å². The van der Waals surface area contributed by atoms with Crippen LogP contribution >= 0.6 is 11.6 Å². The molecule has 13 heteroatoms. The number of benzene rings is 2. The first-order valence-corrected chi connectivity index (χ1v) is 19.0. The smallest absolute Gasteiger partial charge is 0.228 e. The lowest BCUT2D eigenvalue weighted by atomic mass is 9.93. The van der Waals surface area contributed by atoms with E-state index < -0.39 is 0 Å². The number of halogens is 1. The van der Waals surface area contributed by atoms with Crippen LogP contribution in [0.5, 0.6) is 11.5 Å². The summed E-state index contributed by atoms with van der Waals surface area (Å²) in [5.74, 6) is 1.07. The van der Waals surface area contributed by atoms with Gasteiger partial charge in [0.2, 0.25) is 5.69 Å². The fourth-order valence-corrected chi connectivity index (χ4v) is 5.46. The molecule has 2 heterocycles. The van der Waals surface area contributed by atoms with Crippen molar-refractivity contribution < 1.29 is 38.0 Å². The standard InChI is InChI=1S/C42H53ClN4O8/c1-6-54-40-28-37-35(41(38(44-5)29-46-37)47-32-10-11-39(36(43)27-32)55-30-33-9-7-8-14-45-33)26-31(40)25-34(48)12-15-49-17-19-51-21-23-53-24-22-52-20-18-50-16-13-42(2,3)4/h7-11,14,26-29H,6,12-13,15-25,30H2,1-4H3,(H,46,47). The number of aromatic nitrogens is 2. The number of carbonyl (C=O) groups excluding carboxylic acids is 1. The number of Topliss-reactive ketones (excluding diaryl/α,β-unsaturated/α-hetero) is 1. The number of pyridine rings is 2. The molecule has 0 fully saturated rings. The van der Waals surface area contributed by atoms with Gasteiger partial charge in [0.15, 0.2) is 0 Å². The number of rotatable bonds is 26. The second-order valence-electron chi connectivity index (χ2n) is 13.8. The van der Waals surface area contributed by atoms with Crippen molar-refractivity contribution >= 4 is 45.3 Å². The van der Waals surface area contributed by atoms with Gasteiger partial charge in [-0.2, -0.15) is 0 Å². The van der Waals surface area contributed by atoms with E-state index >= 15 is 0 Å². The van der Waals surface area contributed by atoms with Gasteiger partial charge >= 0.3 is 0 Å². The van der Waals surface area contributed by atoms with E-state index in [0.29, 0.717) is 110 Å². The van der Waals surface area contributed by atoms with Gasteiger partial charge < -0.3 is 38.5 Å². The highest BCUT2D eigenvalue weighted by Gasteiger charge is 2.17. The van der Waals surface area contributed by atoms with Crippen LogP contribution in [-0.4, -0.2) is 88.4 Å². The number of anilines is 2. The van der Waals surface area contributed by atoms with Crippen LogP contribution in [0.4, 0.5) is 17.1 Å². The average Bonchev–Trinajstić information content (AvgIpc) is 3.16. The number of ketones is 1. The number of nitrogens with zero attached hydrogens (tertiary/aromatic N) is 3. The molecule has 0 saturated heterocycles. The predicted octanol–water partition coefficient (Wildman–Crippen LogP) is 8.58. The lowest BCUT2D eigenvalue weighted by Crippen LogP contribution is -2.15. The third-order valence-corrected chi connectivity index (χ3v) is 8.45. The zero-order valence-electron chi connectivity index (χ0n) is 32.4. The molecule has 0 saturated carbocycles. The van der Waals surface area contributed by atoms with E-state index in [2.05, 4.69) is 40.9 Å². The molecule has 0 aliphatic heterocycles. The van der Waals surface area contributed by atoms with Crippen LogP contribution < -0.4 is 14.8 Å². The first-order chi connectivity index (χ1) is 26.7. The molecule has 0 radical (unpaired) electrons. The summed E-state index contributed by atoms with van der Waals surface area (Å²) < 4.78 is 39.6. The first kappa shape index (κ1) is 43.4. The molecule has 0 bridgehead atoms. The fourth-order valence-electron chi connectivity index (χ4n) is 5.22. The maximum Gasteiger partial charge on any atom is 0.228 e. The quantitative estimate of drug-likeness (QED) is 0.0487. The van der Waals surface area contributed by atoms with Crippen molar-refractivity contribution in [3.8, 4) is 11.5 Å². The van der Waals surface area contributed by atoms with Crippen molar-refractivity contribution in [1.82, 2.24) is 9.97 Å². The Morgan fingerprint density at radius 1 is 0.818 bits per heavy atom. The molecule has 0 atom stereocenters. The molecular formula is C42H53ClN4O8. The van der Waals surface area contributed by atoms with Crippen molar-refractivity contribution in [3.05, 3.63) is 88.6 Å². The van der Waals surface area contributed by atoms with Gasteiger partial charge in [-0.05, 0) is 55.2 Å². The van der Waals surface area contributed by atoms with Gasteiger partial charge in [-0.15, -0.1) is 0 Å². The highest BCUT2D eigenvalue weighted by atomic mass is 35.5. The zero-order valence-corrected chi connectivity index (χ0v) is 33.1. The molecule has 2 aromatic heterocycles. The van der Waals surface area contributed by atoms with Gasteiger partial charge in [0.05, 0.1) is 94.6 Å². The molecule has 296 valence electrons. The van der Waals surface area contributed by atoms with Gasteiger partial charge in [0, 0.05) is 54.5 Å². The summed E-state index contributed by atoms with van der Waals surface area (Å²) in [6.45, 7) is 21.8. The molecule has 0 aliphatic rings. The Kier molecular flexibility index (Phi) is 18.6. The Hall–Kier alpha value is -4.35. The fraction of sp³-hybridized carbons (Fsp3) is 0.476.